The molecule has 0 radical (unpaired) electrons. The molecule has 1 aliphatic heterocycles. The zero-order valence-corrected chi connectivity index (χ0v) is 22.4. The fourth-order valence-corrected chi connectivity index (χ4v) is 6.69. The number of carbonyl (C=O) groups is 1. The molecule has 7 nitrogen and oxygen atoms in total. The van der Waals surface area contributed by atoms with Crippen LogP contribution in [0.3, 0.4) is 0 Å². The second-order valence-corrected chi connectivity index (χ2v) is 11.6. The molecule has 0 bridgehead atoms. The number of carbonyl (C=O) groups excluding carboxylic acids is 1. The van der Waals surface area contributed by atoms with Crippen molar-refractivity contribution in [2.75, 3.05) is 18.4 Å². The normalized spacial score (nSPS) is 14.8. The number of amides is 1. The van der Waals surface area contributed by atoms with Crippen molar-refractivity contribution in [2.45, 2.75) is 44.6 Å². The Labute approximate surface area is 220 Å². The van der Waals surface area contributed by atoms with Crippen LogP contribution in [-0.2, 0) is 16.6 Å². The van der Waals surface area contributed by atoms with Crippen molar-refractivity contribution in [3.05, 3.63) is 74.0 Å². The second kappa shape index (κ2) is 10.5. The Balaban J connectivity index is 1.63. The SMILES string of the molecule is Cc1nn(Cc2ccccc2Cl)c(C)c1NC(=O)c1cc(S(=O)(=O)N2CCCCC2)c(Cl)cc1Cl. The summed E-state index contributed by atoms with van der Waals surface area (Å²) in [6, 6.07) is 10.0. The number of aryl methyl sites for hydroxylation is 1. The maximum Gasteiger partial charge on any atom is 0.257 e. The Morgan fingerprint density at radius 2 is 1.69 bits per heavy atom. The number of sulfonamides is 1. The summed E-state index contributed by atoms with van der Waals surface area (Å²) in [5.41, 5.74) is 2.76. The van der Waals surface area contributed by atoms with E-state index in [2.05, 4.69) is 10.4 Å². The Kier molecular flexibility index (Phi) is 7.78. The van der Waals surface area contributed by atoms with Crippen LogP contribution in [0.4, 0.5) is 5.69 Å². The first kappa shape index (κ1) is 26.0. The van der Waals surface area contributed by atoms with Gasteiger partial charge in [-0.15, -0.1) is 0 Å². The molecular formula is C24H25Cl3N4O3S. The molecule has 1 aromatic heterocycles. The van der Waals surface area contributed by atoms with E-state index in [0.29, 0.717) is 36.0 Å². The van der Waals surface area contributed by atoms with E-state index in [4.69, 9.17) is 34.8 Å². The summed E-state index contributed by atoms with van der Waals surface area (Å²) in [6.45, 7) is 4.89. The number of hydrogen-bond donors (Lipinski definition) is 1. The summed E-state index contributed by atoms with van der Waals surface area (Å²) in [5.74, 6) is -0.551. The van der Waals surface area contributed by atoms with Gasteiger partial charge in [-0.1, -0.05) is 59.4 Å². The third kappa shape index (κ3) is 5.37. The number of anilines is 1. The number of aromatic nitrogens is 2. The average Bonchev–Trinajstić information content (AvgIpc) is 3.08. The lowest BCUT2D eigenvalue weighted by atomic mass is 10.2. The number of rotatable bonds is 6. The van der Waals surface area contributed by atoms with Crippen molar-refractivity contribution >= 4 is 56.4 Å². The number of halogens is 3. The molecule has 0 saturated carbocycles. The van der Waals surface area contributed by atoms with Crippen molar-refractivity contribution in [1.29, 1.82) is 0 Å². The predicted molar refractivity (Wildman–Crippen MR) is 139 cm³/mol. The van der Waals surface area contributed by atoms with Crippen LogP contribution in [0.5, 0.6) is 0 Å². The van der Waals surface area contributed by atoms with Crippen molar-refractivity contribution in [3.63, 3.8) is 0 Å². The van der Waals surface area contributed by atoms with E-state index in [1.54, 1.807) is 11.6 Å². The molecular weight excluding hydrogens is 531 g/mol. The number of nitrogens with zero attached hydrogens (tertiary/aromatic N) is 3. The van der Waals surface area contributed by atoms with Gasteiger partial charge in [-0.05, 0) is 50.5 Å². The molecule has 1 aliphatic rings. The molecule has 0 spiro atoms. The number of nitrogens with one attached hydrogen (secondary N) is 1. The average molecular weight is 556 g/mol. The molecule has 2 aromatic carbocycles. The molecule has 35 heavy (non-hydrogen) atoms. The minimum Gasteiger partial charge on any atom is -0.319 e. The van der Waals surface area contributed by atoms with Crippen LogP contribution in [0.1, 0.15) is 46.6 Å². The van der Waals surface area contributed by atoms with Gasteiger partial charge in [0.15, 0.2) is 0 Å². The van der Waals surface area contributed by atoms with E-state index in [0.717, 1.165) is 30.5 Å². The minimum absolute atomic E-state index is 0.0166. The van der Waals surface area contributed by atoms with Gasteiger partial charge in [0, 0.05) is 18.1 Å². The first-order valence-corrected chi connectivity index (χ1v) is 13.7. The smallest absolute Gasteiger partial charge is 0.257 e. The molecule has 2 heterocycles. The van der Waals surface area contributed by atoms with E-state index >= 15 is 0 Å². The summed E-state index contributed by atoms with van der Waals surface area (Å²) >= 11 is 18.9. The van der Waals surface area contributed by atoms with E-state index in [1.165, 1.54) is 16.4 Å². The van der Waals surface area contributed by atoms with Gasteiger partial charge in [-0.2, -0.15) is 9.40 Å². The van der Waals surface area contributed by atoms with E-state index < -0.39 is 15.9 Å². The largest absolute Gasteiger partial charge is 0.319 e. The van der Waals surface area contributed by atoms with E-state index in [-0.39, 0.29) is 20.5 Å². The maximum absolute atomic E-state index is 13.2. The standard InChI is InChI=1S/C24H25Cl3N4O3S/c1-15-23(16(2)31(29-15)14-17-8-4-5-9-19(17)25)28-24(32)18-12-22(21(27)13-20(18)26)35(33,34)30-10-6-3-7-11-30/h4-5,8-9,12-13H,3,6-7,10-11,14H2,1-2H3,(H,28,32). The van der Waals surface area contributed by atoms with Crippen molar-refractivity contribution in [3.8, 4) is 0 Å². The van der Waals surface area contributed by atoms with Crippen molar-refractivity contribution in [1.82, 2.24) is 14.1 Å². The molecule has 4 rings (SSSR count). The molecule has 0 atom stereocenters. The summed E-state index contributed by atoms with van der Waals surface area (Å²) < 4.78 is 29.6. The van der Waals surface area contributed by atoms with Gasteiger partial charge < -0.3 is 5.32 Å². The Hall–Kier alpha value is -2.10. The summed E-state index contributed by atoms with van der Waals surface area (Å²) in [7, 11) is -3.86. The first-order valence-electron chi connectivity index (χ1n) is 11.2. The molecule has 1 fully saturated rings. The summed E-state index contributed by atoms with van der Waals surface area (Å²) in [4.78, 5) is 13.1. The molecule has 1 amide bonds. The van der Waals surface area contributed by atoms with Crippen LogP contribution in [-0.4, -0.2) is 41.5 Å². The summed E-state index contributed by atoms with van der Waals surface area (Å²) in [5, 5.41) is 8.05. The minimum atomic E-state index is -3.86. The van der Waals surface area contributed by atoms with Crippen LogP contribution in [0.15, 0.2) is 41.3 Å². The number of piperidine rings is 1. The molecule has 1 saturated heterocycles. The molecule has 11 heteroatoms. The number of benzene rings is 2. The predicted octanol–water partition coefficient (Wildman–Crippen LogP) is 5.94. The Morgan fingerprint density at radius 3 is 2.37 bits per heavy atom. The van der Waals surface area contributed by atoms with E-state index in [1.807, 2.05) is 31.2 Å². The van der Waals surface area contributed by atoms with Gasteiger partial charge >= 0.3 is 0 Å². The maximum atomic E-state index is 13.2. The van der Waals surface area contributed by atoms with Gasteiger partial charge in [0.05, 0.1) is 39.2 Å². The van der Waals surface area contributed by atoms with Crippen LogP contribution in [0.25, 0.3) is 0 Å². The van der Waals surface area contributed by atoms with Crippen LogP contribution >= 0.6 is 34.8 Å². The van der Waals surface area contributed by atoms with Crippen LogP contribution in [0, 0.1) is 13.8 Å². The highest BCUT2D eigenvalue weighted by atomic mass is 35.5. The molecule has 0 unspecified atom stereocenters. The highest BCUT2D eigenvalue weighted by molar-refractivity contribution is 7.89. The monoisotopic (exact) mass is 554 g/mol. The topological polar surface area (TPSA) is 84.3 Å². The van der Waals surface area contributed by atoms with E-state index in [9.17, 15) is 13.2 Å². The summed E-state index contributed by atoms with van der Waals surface area (Å²) in [6.07, 6.45) is 2.56. The van der Waals surface area contributed by atoms with Crippen molar-refractivity contribution < 1.29 is 13.2 Å². The highest BCUT2D eigenvalue weighted by Crippen LogP contribution is 2.33. The fraction of sp³-hybridized carbons (Fsp3) is 0.333. The number of hydrogen-bond acceptors (Lipinski definition) is 4. The Bertz CT molecular complexity index is 1380. The molecule has 1 N–H and O–H groups in total. The van der Waals surface area contributed by atoms with Gasteiger partial charge in [0.25, 0.3) is 5.91 Å². The van der Waals surface area contributed by atoms with Gasteiger partial charge in [-0.25, -0.2) is 8.42 Å². The van der Waals surface area contributed by atoms with Crippen LogP contribution < -0.4 is 5.32 Å². The molecule has 0 aliphatic carbocycles. The van der Waals surface area contributed by atoms with Gasteiger partial charge in [-0.3, -0.25) is 9.48 Å². The molecule has 3 aromatic rings. The van der Waals surface area contributed by atoms with Gasteiger partial charge in [0.1, 0.15) is 4.90 Å². The first-order chi connectivity index (χ1) is 16.6. The molecule has 186 valence electrons. The highest BCUT2D eigenvalue weighted by Gasteiger charge is 2.30. The zero-order chi connectivity index (χ0) is 25.3. The lowest BCUT2D eigenvalue weighted by Crippen LogP contribution is -2.35. The third-order valence-electron chi connectivity index (χ3n) is 6.10. The van der Waals surface area contributed by atoms with Crippen molar-refractivity contribution in [2.24, 2.45) is 0 Å². The zero-order valence-electron chi connectivity index (χ0n) is 19.3. The third-order valence-corrected chi connectivity index (χ3v) is 9.14. The fourth-order valence-electron chi connectivity index (χ4n) is 4.15. The lowest BCUT2D eigenvalue weighted by molar-refractivity contribution is 0.102. The second-order valence-electron chi connectivity index (χ2n) is 8.48. The lowest BCUT2D eigenvalue weighted by Gasteiger charge is -2.26. The quantitative estimate of drug-likeness (QED) is 0.408. The van der Waals surface area contributed by atoms with Crippen LogP contribution in [0.2, 0.25) is 15.1 Å². The Morgan fingerprint density at radius 1 is 1.00 bits per heavy atom. The van der Waals surface area contributed by atoms with Gasteiger partial charge in [0.2, 0.25) is 10.0 Å².